The van der Waals surface area contributed by atoms with E-state index in [-0.39, 0.29) is 23.5 Å². The Morgan fingerprint density at radius 1 is 1.45 bits per heavy atom. The third-order valence-electron chi connectivity index (χ3n) is 4.00. The highest BCUT2D eigenvalue weighted by Crippen LogP contribution is 2.29. The number of aromatic nitrogens is 1. The first-order valence-corrected chi connectivity index (χ1v) is 7.42. The molecule has 1 aliphatic rings. The van der Waals surface area contributed by atoms with E-state index >= 15 is 0 Å². The topological polar surface area (TPSA) is 44.9 Å². The van der Waals surface area contributed by atoms with Crippen LogP contribution in [-0.2, 0) is 0 Å². The summed E-state index contributed by atoms with van der Waals surface area (Å²) in [6.07, 6.45) is 0.817. The van der Waals surface area contributed by atoms with Gasteiger partial charge in [0.1, 0.15) is 12.0 Å². The number of fused-ring (bicyclic) bond motifs is 1. The van der Waals surface area contributed by atoms with Gasteiger partial charge in [-0.25, -0.2) is 8.78 Å². The molecule has 1 fully saturated rings. The Hall–Kier alpha value is -1.88. The van der Waals surface area contributed by atoms with Crippen LogP contribution in [0.4, 0.5) is 8.78 Å². The van der Waals surface area contributed by atoms with Gasteiger partial charge in [-0.1, -0.05) is 6.58 Å². The van der Waals surface area contributed by atoms with Crippen LogP contribution in [-0.4, -0.2) is 28.5 Å². The lowest BCUT2D eigenvalue weighted by molar-refractivity contribution is 0.0925. The lowest BCUT2D eigenvalue weighted by atomic mass is 9.89. The van der Waals surface area contributed by atoms with Crippen molar-refractivity contribution in [3.05, 3.63) is 47.9 Å². The Labute approximate surface area is 131 Å². The first-order chi connectivity index (χ1) is 10.5. The third kappa shape index (κ3) is 2.73. The number of halogens is 3. The number of hydrogen-bond donors (Lipinski definition) is 2. The summed E-state index contributed by atoms with van der Waals surface area (Å²) < 4.78 is 26.9. The maximum atomic E-state index is 13.7. The number of nitrogens with one attached hydrogen (secondary N) is 2. The van der Waals surface area contributed by atoms with E-state index < -0.39 is 12.2 Å². The van der Waals surface area contributed by atoms with Crippen molar-refractivity contribution in [1.29, 1.82) is 0 Å². The number of benzene rings is 1. The molecule has 0 saturated heterocycles. The first-order valence-electron chi connectivity index (χ1n) is 6.99. The molecule has 22 heavy (non-hydrogen) atoms. The number of hydrogen-bond acceptors (Lipinski definition) is 1. The third-order valence-corrected chi connectivity index (χ3v) is 4.46. The molecule has 1 aromatic heterocycles. The van der Waals surface area contributed by atoms with Gasteiger partial charge in [-0.3, -0.25) is 4.79 Å². The molecule has 1 saturated carbocycles. The largest absolute Gasteiger partial charge is 0.360 e. The average Bonchev–Trinajstić information content (AvgIpc) is 2.87. The van der Waals surface area contributed by atoms with Gasteiger partial charge in [-0.15, -0.1) is 11.6 Å². The minimum Gasteiger partial charge on any atom is -0.360 e. The molecule has 116 valence electrons. The highest BCUT2D eigenvalue weighted by Gasteiger charge is 2.33. The molecular weight excluding hydrogens is 310 g/mol. The van der Waals surface area contributed by atoms with E-state index in [9.17, 15) is 13.6 Å². The Morgan fingerprint density at radius 2 is 2.23 bits per heavy atom. The highest BCUT2D eigenvalue weighted by atomic mass is 35.5. The van der Waals surface area contributed by atoms with Crippen molar-refractivity contribution in [2.45, 2.75) is 30.4 Å². The van der Waals surface area contributed by atoms with Crippen LogP contribution in [0.3, 0.4) is 0 Å². The van der Waals surface area contributed by atoms with Gasteiger partial charge >= 0.3 is 0 Å². The Morgan fingerprint density at radius 3 is 3.00 bits per heavy atom. The van der Waals surface area contributed by atoms with Crippen molar-refractivity contribution in [3.8, 4) is 0 Å². The van der Waals surface area contributed by atoms with Crippen LogP contribution in [0.2, 0.25) is 0 Å². The number of rotatable bonds is 2. The second-order valence-electron chi connectivity index (χ2n) is 5.55. The summed E-state index contributed by atoms with van der Waals surface area (Å²) >= 11 is 6.19. The zero-order valence-corrected chi connectivity index (χ0v) is 12.5. The Kier molecular flexibility index (Phi) is 3.91. The van der Waals surface area contributed by atoms with Gasteiger partial charge in [0.2, 0.25) is 0 Å². The first kappa shape index (κ1) is 15.0. The van der Waals surface area contributed by atoms with E-state index in [1.165, 1.54) is 24.4 Å². The SMILES string of the molecule is C=C1CC(Cl)C(NC(=O)c2c[nH]c3cc(F)ccc23)CC1F. The predicted octanol–water partition coefficient (Wildman–Crippen LogP) is 3.70. The van der Waals surface area contributed by atoms with Crippen LogP contribution in [0.5, 0.6) is 0 Å². The smallest absolute Gasteiger partial charge is 0.253 e. The Bertz CT molecular complexity index is 743. The second-order valence-corrected chi connectivity index (χ2v) is 6.11. The molecule has 3 rings (SSSR count). The van der Waals surface area contributed by atoms with Crippen LogP contribution in [0.25, 0.3) is 10.9 Å². The van der Waals surface area contributed by atoms with E-state index in [1.807, 2.05) is 0 Å². The van der Waals surface area contributed by atoms with Crippen LogP contribution in [0.15, 0.2) is 36.5 Å². The summed E-state index contributed by atoms with van der Waals surface area (Å²) in [6.45, 7) is 3.65. The van der Waals surface area contributed by atoms with Gasteiger partial charge in [0.15, 0.2) is 0 Å². The fourth-order valence-electron chi connectivity index (χ4n) is 2.74. The summed E-state index contributed by atoms with van der Waals surface area (Å²) in [6, 6.07) is 3.69. The lowest BCUT2D eigenvalue weighted by Gasteiger charge is -2.31. The fourth-order valence-corrected chi connectivity index (χ4v) is 3.10. The average molecular weight is 325 g/mol. The fraction of sp³-hybridized carbons (Fsp3) is 0.312. The molecule has 1 aromatic carbocycles. The normalized spacial score (nSPS) is 25.4. The van der Waals surface area contributed by atoms with Crippen LogP contribution in [0, 0.1) is 5.82 Å². The number of aromatic amines is 1. The Balaban J connectivity index is 1.80. The predicted molar refractivity (Wildman–Crippen MR) is 82.4 cm³/mol. The summed E-state index contributed by atoms with van der Waals surface area (Å²) in [4.78, 5) is 15.2. The van der Waals surface area contributed by atoms with Crippen molar-refractivity contribution in [2.75, 3.05) is 0 Å². The van der Waals surface area contributed by atoms with E-state index in [0.29, 0.717) is 28.5 Å². The van der Waals surface area contributed by atoms with Gasteiger partial charge in [-0.05, 0) is 30.2 Å². The van der Waals surface area contributed by atoms with Crippen LogP contribution >= 0.6 is 11.6 Å². The van der Waals surface area contributed by atoms with Gasteiger partial charge in [0, 0.05) is 29.6 Å². The summed E-state index contributed by atoms with van der Waals surface area (Å²) in [5, 5.41) is 2.99. The lowest BCUT2D eigenvalue weighted by Crippen LogP contribution is -2.46. The van der Waals surface area contributed by atoms with Gasteiger partial charge < -0.3 is 10.3 Å². The van der Waals surface area contributed by atoms with Crippen molar-refractivity contribution in [1.82, 2.24) is 10.3 Å². The standard InChI is InChI=1S/C16H15ClF2N2O/c1-8-4-12(17)15(6-13(8)19)21-16(22)11-7-20-14-5-9(18)2-3-10(11)14/h2-3,5,7,12-13,15,20H,1,4,6H2,(H,21,22). The molecule has 6 heteroatoms. The molecule has 3 atom stereocenters. The highest BCUT2D eigenvalue weighted by molar-refractivity contribution is 6.21. The molecule has 1 aliphatic carbocycles. The molecule has 0 bridgehead atoms. The van der Waals surface area contributed by atoms with E-state index in [2.05, 4.69) is 16.9 Å². The minimum absolute atomic E-state index is 0.121. The minimum atomic E-state index is -1.16. The van der Waals surface area contributed by atoms with Crippen molar-refractivity contribution < 1.29 is 13.6 Å². The van der Waals surface area contributed by atoms with Crippen LogP contribution < -0.4 is 5.32 Å². The molecule has 0 radical (unpaired) electrons. The van der Waals surface area contributed by atoms with E-state index in [1.54, 1.807) is 0 Å². The molecule has 3 unspecified atom stereocenters. The molecule has 2 aromatic rings. The monoisotopic (exact) mass is 324 g/mol. The maximum absolute atomic E-state index is 13.7. The number of H-pyrrole nitrogens is 1. The van der Waals surface area contributed by atoms with E-state index in [4.69, 9.17) is 11.6 Å². The molecule has 0 aliphatic heterocycles. The van der Waals surface area contributed by atoms with Crippen molar-refractivity contribution >= 4 is 28.4 Å². The van der Waals surface area contributed by atoms with Gasteiger partial charge in [-0.2, -0.15) is 0 Å². The zero-order chi connectivity index (χ0) is 15.9. The van der Waals surface area contributed by atoms with Gasteiger partial charge in [0.05, 0.1) is 10.9 Å². The van der Waals surface area contributed by atoms with Crippen molar-refractivity contribution in [2.24, 2.45) is 0 Å². The molecule has 1 heterocycles. The molecule has 1 amide bonds. The molecule has 3 nitrogen and oxygen atoms in total. The number of carbonyl (C=O) groups is 1. The zero-order valence-electron chi connectivity index (χ0n) is 11.7. The number of amides is 1. The molecule has 0 spiro atoms. The van der Waals surface area contributed by atoms with Crippen LogP contribution in [0.1, 0.15) is 23.2 Å². The number of carbonyl (C=O) groups excluding carboxylic acids is 1. The summed E-state index contributed by atoms with van der Waals surface area (Å²) in [5.74, 6) is -0.735. The summed E-state index contributed by atoms with van der Waals surface area (Å²) in [7, 11) is 0. The molecule has 2 N–H and O–H groups in total. The maximum Gasteiger partial charge on any atom is 0.253 e. The van der Waals surface area contributed by atoms with Gasteiger partial charge in [0.25, 0.3) is 5.91 Å². The van der Waals surface area contributed by atoms with Crippen molar-refractivity contribution in [3.63, 3.8) is 0 Å². The number of allylic oxidation sites excluding steroid dienone is 1. The number of alkyl halides is 2. The summed E-state index contributed by atoms with van der Waals surface area (Å²) in [5.41, 5.74) is 1.39. The second kappa shape index (κ2) is 5.72. The molecular formula is C16H15ClF2N2O. The quantitative estimate of drug-likeness (QED) is 0.642. The van der Waals surface area contributed by atoms with E-state index in [0.717, 1.165) is 0 Å².